The number of aryl methyl sites for hydroxylation is 2. The van der Waals surface area contributed by atoms with Crippen molar-refractivity contribution >= 4 is 56.4 Å². The largest absolute Gasteiger partial charge is 0.351 e. The molecule has 0 spiro atoms. The molecule has 1 heterocycles. The topological polar surface area (TPSA) is 42.0 Å². The smallest absolute Gasteiger partial charge is 0.228 e. The van der Waals surface area contributed by atoms with Crippen molar-refractivity contribution in [3.63, 3.8) is 0 Å². The summed E-state index contributed by atoms with van der Waals surface area (Å²) < 4.78 is 0.846. The minimum absolute atomic E-state index is 0.0347. The highest BCUT2D eigenvalue weighted by molar-refractivity contribution is 9.11. The lowest BCUT2D eigenvalue weighted by Crippen LogP contribution is -2.30. The van der Waals surface area contributed by atoms with E-state index >= 15 is 0 Å². The molecule has 1 aromatic heterocycles. The van der Waals surface area contributed by atoms with Crippen molar-refractivity contribution in [1.29, 1.82) is 0 Å². The Bertz CT molecular complexity index is 740. The molecular weight excluding hydrogens is 419 g/mol. The Balaban J connectivity index is 1.74. The summed E-state index contributed by atoms with van der Waals surface area (Å²) in [6, 6.07) is 3.56. The number of hydrogen-bond donors (Lipinski definition) is 1. The fraction of sp³-hybridized carbons (Fsp3) is 0.375. The average molecular weight is 434 g/mol. The predicted molar refractivity (Wildman–Crippen MR) is 98.5 cm³/mol. The molecule has 1 N–H and O–H groups in total. The van der Waals surface area contributed by atoms with Crippen LogP contribution in [0.3, 0.4) is 0 Å². The molecule has 7 heteroatoms. The molecule has 0 aliphatic heterocycles. The molecule has 23 heavy (non-hydrogen) atoms. The standard InChI is InChI=1S/C16H15BrCl2N2OS/c1-8-5-9(18)6-12(19)11(8)7-20-15(22)10-3-2-4-13-14(10)23-16(17)21-13/h5-6,10H,2-4,7H2,1H3,(H,20,22). The molecule has 3 rings (SSSR count). The second-order valence-electron chi connectivity index (χ2n) is 5.62. The molecule has 0 radical (unpaired) electrons. The van der Waals surface area contributed by atoms with Gasteiger partial charge in [0.15, 0.2) is 3.92 Å². The number of fused-ring (bicyclic) bond motifs is 1. The zero-order chi connectivity index (χ0) is 16.6. The van der Waals surface area contributed by atoms with Crippen LogP contribution in [0.2, 0.25) is 10.0 Å². The molecule has 1 unspecified atom stereocenters. The SMILES string of the molecule is Cc1cc(Cl)cc(Cl)c1CNC(=O)C1CCCc2nc(Br)sc21. The third kappa shape index (κ3) is 3.73. The first-order valence-corrected chi connectivity index (χ1v) is 9.69. The van der Waals surface area contributed by atoms with Gasteiger partial charge in [-0.3, -0.25) is 4.79 Å². The summed E-state index contributed by atoms with van der Waals surface area (Å²) in [6.45, 7) is 2.35. The number of thiazole rings is 1. The first kappa shape index (κ1) is 17.2. The number of nitrogens with one attached hydrogen (secondary N) is 1. The Kier molecular flexibility index (Phi) is 5.31. The normalized spacial score (nSPS) is 17.0. The van der Waals surface area contributed by atoms with Crippen molar-refractivity contribution in [2.75, 3.05) is 0 Å². The van der Waals surface area contributed by atoms with Crippen LogP contribution in [0.4, 0.5) is 0 Å². The van der Waals surface area contributed by atoms with Crippen LogP contribution in [-0.4, -0.2) is 10.9 Å². The number of halogens is 3. The van der Waals surface area contributed by atoms with Gasteiger partial charge in [0.1, 0.15) is 0 Å². The van der Waals surface area contributed by atoms with Gasteiger partial charge in [0.2, 0.25) is 5.91 Å². The quantitative estimate of drug-likeness (QED) is 0.717. The number of amides is 1. The average Bonchev–Trinajstić information content (AvgIpc) is 2.85. The Morgan fingerprint density at radius 1 is 1.48 bits per heavy atom. The molecule has 1 aliphatic carbocycles. The predicted octanol–water partition coefficient (Wildman–Crippen LogP) is 5.26. The van der Waals surface area contributed by atoms with Crippen LogP contribution in [0, 0.1) is 6.92 Å². The Labute approximate surface area is 157 Å². The van der Waals surface area contributed by atoms with Crippen LogP contribution in [-0.2, 0) is 17.8 Å². The van der Waals surface area contributed by atoms with E-state index in [-0.39, 0.29) is 11.8 Å². The van der Waals surface area contributed by atoms with Crippen molar-refractivity contribution in [2.24, 2.45) is 0 Å². The van der Waals surface area contributed by atoms with Gasteiger partial charge in [-0.05, 0) is 65.4 Å². The minimum Gasteiger partial charge on any atom is -0.351 e. The molecule has 1 amide bonds. The van der Waals surface area contributed by atoms with Crippen LogP contribution in [0.15, 0.2) is 16.0 Å². The monoisotopic (exact) mass is 432 g/mol. The Hall–Kier alpha value is -0.620. The van der Waals surface area contributed by atoms with Gasteiger partial charge in [-0.1, -0.05) is 23.2 Å². The first-order chi connectivity index (χ1) is 11.0. The van der Waals surface area contributed by atoms with E-state index in [2.05, 4.69) is 26.2 Å². The van der Waals surface area contributed by atoms with Crippen LogP contribution < -0.4 is 5.32 Å². The maximum absolute atomic E-state index is 12.6. The molecule has 0 bridgehead atoms. The van der Waals surface area contributed by atoms with Gasteiger partial charge in [-0.2, -0.15) is 0 Å². The van der Waals surface area contributed by atoms with Crippen molar-refractivity contribution in [1.82, 2.24) is 10.3 Å². The molecule has 122 valence electrons. The van der Waals surface area contributed by atoms with Crippen molar-refractivity contribution in [2.45, 2.75) is 38.6 Å². The van der Waals surface area contributed by atoms with Gasteiger partial charge in [0, 0.05) is 21.5 Å². The van der Waals surface area contributed by atoms with E-state index in [1.54, 1.807) is 17.4 Å². The number of rotatable bonds is 3. The molecule has 0 fully saturated rings. The fourth-order valence-corrected chi connectivity index (χ4v) is 5.26. The summed E-state index contributed by atoms with van der Waals surface area (Å²) in [5.41, 5.74) is 2.94. The van der Waals surface area contributed by atoms with E-state index in [1.807, 2.05) is 13.0 Å². The van der Waals surface area contributed by atoms with Gasteiger partial charge in [-0.25, -0.2) is 4.98 Å². The number of hydrogen-bond acceptors (Lipinski definition) is 3. The van der Waals surface area contributed by atoms with E-state index in [0.29, 0.717) is 16.6 Å². The van der Waals surface area contributed by atoms with Crippen LogP contribution in [0.25, 0.3) is 0 Å². The summed E-state index contributed by atoms with van der Waals surface area (Å²) in [5, 5.41) is 4.21. The summed E-state index contributed by atoms with van der Waals surface area (Å²) in [5.74, 6) is -0.0820. The molecule has 1 aliphatic rings. The van der Waals surface area contributed by atoms with E-state index in [1.165, 1.54) is 0 Å². The summed E-state index contributed by atoms with van der Waals surface area (Å²) in [6.07, 6.45) is 2.80. The molecule has 0 saturated carbocycles. The molecular formula is C16H15BrCl2N2OS. The molecule has 0 saturated heterocycles. The maximum Gasteiger partial charge on any atom is 0.228 e. The number of benzene rings is 1. The van der Waals surface area contributed by atoms with Gasteiger partial charge in [-0.15, -0.1) is 11.3 Å². The zero-order valence-electron chi connectivity index (χ0n) is 12.5. The molecule has 1 atom stereocenters. The summed E-state index contributed by atoms with van der Waals surface area (Å²) >= 11 is 17.2. The highest BCUT2D eigenvalue weighted by Gasteiger charge is 2.29. The lowest BCUT2D eigenvalue weighted by Gasteiger charge is -2.21. The molecule has 1 aromatic carbocycles. The summed E-state index contributed by atoms with van der Waals surface area (Å²) in [7, 11) is 0. The highest BCUT2D eigenvalue weighted by atomic mass is 79.9. The second kappa shape index (κ2) is 7.09. The van der Waals surface area contributed by atoms with Gasteiger partial charge < -0.3 is 5.32 Å². The van der Waals surface area contributed by atoms with Crippen LogP contribution in [0.1, 0.15) is 40.5 Å². The number of nitrogens with zero attached hydrogens (tertiary/aromatic N) is 1. The lowest BCUT2D eigenvalue weighted by molar-refractivity contribution is -0.123. The Morgan fingerprint density at radius 2 is 2.26 bits per heavy atom. The first-order valence-electron chi connectivity index (χ1n) is 7.33. The molecule has 3 nitrogen and oxygen atoms in total. The minimum atomic E-state index is -0.117. The van der Waals surface area contributed by atoms with Crippen LogP contribution in [0.5, 0.6) is 0 Å². The van der Waals surface area contributed by atoms with E-state index < -0.39 is 0 Å². The van der Waals surface area contributed by atoms with Crippen molar-refractivity contribution < 1.29 is 4.79 Å². The van der Waals surface area contributed by atoms with E-state index in [4.69, 9.17) is 23.2 Å². The van der Waals surface area contributed by atoms with Gasteiger partial charge >= 0.3 is 0 Å². The zero-order valence-corrected chi connectivity index (χ0v) is 16.4. The Morgan fingerprint density at radius 3 is 3.00 bits per heavy atom. The lowest BCUT2D eigenvalue weighted by atomic mass is 9.91. The third-order valence-electron chi connectivity index (χ3n) is 4.06. The maximum atomic E-state index is 12.6. The van der Waals surface area contributed by atoms with Crippen LogP contribution >= 0.6 is 50.5 Å². The van der Waals surface area contributed by atoms with Crippen molar-refractivity contribution in [3.05, 3.63) is 47.8 Å². The van der Waals surface area contributed by atoms with Gasteiger partial charge in [0.25, 0.3) is 0 Å². The number of aromatic nitrogens is 1. The summed E-state index contributed by atoms with van der Waals surface area (Å²) in [4.78, 5) is 18.2. The molecule has 2 aromatic rings. The number of carbonyl (C=O) groups is 1. The second-order valence-corrected chi connectivity index (χ2v) is 8.77. The van der Waals surface area contributed by atoms with Crippen molar-refractivity contribution in [3.8, 4) is 0 Å². The van der Waals surface area contributed by atoms with E-state index in [0.717, 1.165) is 44.9 Å². The number of carbonyl (C=O) groups excluding carboxylic acids is 1. The van der Waals surface area contributed by atoms with Gasteiger partial charge in [0.05, 0.1) is 11.6 Å². The highest BCUT2D eigenvalue weighted by Crippen LogP contribution is 2.37. The van der Waals surface area contributed by atoms with E-state index in [9.17, 15) is 4.79 Å². The fourth-order valence-electron chi connectivity index (χ4n) is 2.89. The third-order valence-corrected chi connectivity index (χ3v) is 6.28.